The number of rotatable bonds is 7. The lowest BCUT2D eigenvalue weighted by atomic mass is 10.1. The molecular formula is C8H17NO3. The minimum atomic E-state index is -0.829. The van der Waals surface area contributed by atoms with E-state index < -0.39 is 5.97 Å². The molecule has 0 bridgehead atoms. The molecule has 0 aromatic carbocycles. The third-order valence-electron chi connectivity index (χ3n) is 1.64. The first-order valence-electron chi connectivity index (χ1n) is 4.20. The van der Waals surface area contributed by atoms with E-state index in [0.717, 1.165) is 12.8 Å². The van der Waals surface area contributed by atoms with Crippen molar-refractivity contribution in [2.24, 2.45) is 5.92 Å². The molecule has 0 heterocycles. The highest BCUT2D eigenvalue weighted by Gasteiger charge is 1.99. The van der Waals surface area contributed by atoms with Crippen LogP contribution in [0, 0.1) is 5.92 Å². The summed E-state index contributed by atoms with van der Waals surface area (Å²) in [5, 5.41) is 19.7. The van der Waals surface area contributed by atoms with Crippen LogP contribution < -0.4 is 5.32 Å². The van der Waals surface area contributed by atoms with Gasteiger partial charge < -0.3 is 15.5 Å². The van der Waals surface area contributed by atoms with Crippen LogP contribution in [0.5, 0.6) is 0 Å². The van der Waals surface area contributed by atoms with Gasteiger partial charge in [-0.15, -0.1) is 0 Å². The molecule has 0 aliphatic rings. The minimum absolute atomic E-state index is 0.0213. The highest BCUT2D eigenvalue weighted by atomic mass is 16.4. The molecule has 1 atom stereocenters. The molecule has 0 radical (unpaired) electrons. The van der Waals surface area contributed by atoms with E-state index in [2.05, 4.69) is 5.32 Å². The lowest BCUT2D eigenvalue weighted by Crippen LogP contribution is -2.23. The predicted octanol–water partition coefficient (Wildman–Crippen LogP) is 0.0692. The Morgan fingerprint density at radius 1 is 1.58 bits per heavy atom. The molecule has 0 spiro atoms. The van der Waals surface area contributed by atoms with Crippen molar-refractivity contribution in [3.05, 3.63) is 0 Å². The van der Waals surface area contributed by atoms with E-state index in [9.17, 15) is 4.79 Å². The molecule has 4 nitrogen and oxygen atoms in total. The van der Waals surface area contributed by atoms with E-state index in [1.165, 1.54) is 0 Å². The first kappa shape index (κ1) is 11.4. The van der Waals surface area contributed by atoms with Crippen molar-refractivity contribution >= 4 is 5.97 Å². The molecule has 0 rings (SSSR count). The normalized spacial score (nSPS) is 12.8. The molecule has 0 amide bonds. The van der Waals surface area contributed by atoms with Crippen LogP contribution in [0.4, 0.5) is 0 Å². The molecule has 72 valence electrons. The Hall–Kier alpha value is -0.610. The van der Waals surface area contributed by atoms with Gasteiger partial charge in [0.15, 0.2) is 0 Å². The third kappa shape index (κ3) is 7.50. The first-order chi connectivity index (χ1) is 5.66. The fourth-order valence-corrected chi connectivity index (χ4v) is 0.862. The van der Waals surface area contributed by atoms with Gasteiger partial charge in [0.05, 0.1) is 6.54 Å². The maximum atomic E-state index is 10.0. The molecule has 0 aliphatic carbocycles. The van der Waals surface area contributed by atoms with Crippen molar-refractivity contribution in [3.8, 4) is 0 Å². The summed E-state index contributed by atoms with van der Waals surface area (Å²) < 4.78 is 0. The highest BCUT2D eigenvalue weighted by Crippen LogP contribution is 2.02. The molecule has 0 saturated carbocycles. The Bertz CT molecular complexity index is 127. The van der Waals surface area contributed by atoms with Crippen LogP contribution in [-0.2, 0) is 4.79 Å². The standard InChI is InChI=1S/C8H17NO3/c1-7(6-10)3-2-4-9-5-8(11)12/h7,9-10H,2-6H2,1H3,(H,11,12). The van der Waals surface area contributed by atoms with Crippen LogP contribution in [0.25, 0.3) is 0 Å². The number of aliphatic carboxylic acids is 1. The van der Waals surface area contributed by atoms with E-state index >= 15 is 0 Å². The lowest BCUT2D eigenvalue weighted by molar-refractivity contribution is -0.135. The zero-order valence-electron chi connectivity index (χ0n) is 7.42. The number of carboxylic acid groups (broad SMARTS) is 1. The monoisotopic (exact) mass is 175 g/mol. The van der Waals surface area contributed by atoms with Gasteiger partial charge in [-0.2, -0.15) is 0 Å². The average molecular weight is 175 g/mol. The van der Waals surface area contributed by atoms with Gasteiger partial charge >= 0.3 is 5.97 Å². The van der Waals surface area contributed by atoms with Gasteiger partial charge in [-0.3, -0.25) is 4.79 Å². The van der Waals surface area contributed by atoms with Crippen molar-refractivity contribution in [3.63, 3.8) is 0 Å². The minimum Gasteiger partial charge on any atom is -0.480 e. The van der Waals surface area contributed by atoms with E-state index in [1.54, 1.807) is 0 Å². The van der Waals surface area contributed by atoms with Crippen LogP contribution in [0.1, 0.15) is 19.8 Å². The summed E-state index contributed by atoms with van der Waals surface area (Å²) in [5.74, 6) is -0.512. The third-order valence-corrected chi connectivity index (χ3v) is 1.64. The Labute approximate surface area is 72.6 Å². The van der Waals surface area contributed by atoms with Gasteiger partial charge in [0.25, 0.3) is 0 Å². The molecule has 3 N–H and O–H groups in total. The summed E-state index contributed by atoms with van der Waals surface area (Å²) in [7, 11) is 0. The smallest absolute Gasteiger partial charge is 0.317 e. The molecule has 0 fully saturated rings. The van der Waals surface area contributed by atoms with Crippen molar-refractivity contribution in [2.75, 3.05) is 19.7 Å². The zero-order chi connectivity index (χ0) is 9.40. The summed E-state index contributed by atoms with van der Waals surface area (Å²) in [4.78, 5) is 10.0. The van der Waals surface area contributed by atoms with Crippen LogP contribution in [-0.4, -0.2) is 35.9 Å². The molecular weight excluding hydrogens is 158 g/mol. The SMILES string of the molecule is CC(CO)CCCNCC(=O)O. The van der Waals surface area contributed by atoms with E-state index in [4.69, 9.17) is 10.2 Å². The van der Waals surface area contributed by atoms with Crippen LogP contribution >= 0.6 is 0 Å². The van der Waals surface area contributed by atoms with Gasteiger partial charge in [0.1, 0.15) is 0 Å². The second-order valence-corrected chi connectivity index (χ2v) is 3.00. The maximum Gasteiger partial charge on any atom is 0.317 e. The fraction of sp³-hybridized carbons (Fsp3) is 0.875. The van der Waals surface area contributed by atoms with Gasteiger partial charge in [-0.05, 0) is 25.3 Å². The van der Waals surface area contributed by atoms with Crippen molar-refractivity contribution < 1.29 is 15.0 Å². The average Bonchev–Trinajstić information content (AvgIpc) is 2.03. The summed E-state index contributed by atoms with van der Waals surface area (Å²) in [6.07, 6.45) is 1.85. The van der Waals surface area contributed by atoms with Crippen LogP contribution in [0.15, 0.2) is 0 Å². The number of nitrogens with one attached hydrogen (secondary N) is 1. The molecule has 0 aliphatic heterocycles. The summed E-state index contributed by atoms with van der Waals surface area (Å²) >= 11 is 0. The van der Waals surface area contributed by atoms with Gasteiger partial charge in [-0.25, -0.2) is 0 Å². The Balaban J connectivity index is 3.05. The van der Waals surface area contributed by atoms with Gasteiger partial charge in [-0.1, -0.05) is 6.92 Å². The Morgan fingerprint density at radius 2 is 2.25 bits per heavy atom. The van der Waals surface area contributed by atoms with E-state index in [1.807, 2.05) is 6.92 Å². The number of aliphatic hydroxyl groups excluding tert-OH is 1. The zero-order valence-corrected chi connectivity index (χ0v) is 7.42. The van der Waals surface area contributed by atoms with Gasteiger partial charge in [0.2, 0.25) is 0 Å². The van der Waals surface area contributed by atoms with Gasteiger partial charge in [0, 0.05) is 6.61 Å². The predicted molar refractivity (Wildman–Crippen MR) is 46.0 cm³/mol. The van der Waals surface area contributed by atoms with Crippen molar-refractivity contribution in [1.82, 2.24) is 5.32 Å². The number of aliphatic hydroxyl groups is 1. The Morgan fingerprint density at radius 3 is 2.75 bits per heavy atom. The number of carbonyl (C=O) groups is 1. The highest BCUT2D eigenvalue weighted by molar-refractivity contribution is 5.68. The van der Waals surface area contributed by atoms with Crippen molar-refractivity contribution in [2.45, 2.75) is 19.8 Å². The van der Waals surface area contributed by atoms with Crippen LogP contribution in [0.2, 0.25) is 0 Å². The largest absolute Gasteiger partial charge is 0.480 e. The number of hydrogen-bond donors (Lipinski definition) is 3. The number of hydrogen-bond acceptors (Lipinski definition) is 3. The molecule has 12 heavy (non-hydrogen) atoms. The summed E-state index contributed by atoms with van der Waals surface area (Å²) in [5.41, 5.74) is 0. The lowest BCUT2D eigenvalue weighted by Gasteiger charge is -2.06. The van der Waals surface area contributed by atoms with E-state index in [0.29, 0.717) is 12.5 Å². The topological polar surface area (TPSA) is 69.6 Å². The second kappa shape index (κ2) is 7.06. The molecule has 4 heteroatoms. The van der Waals surface area contributed by atoms with E-state index in [-0.39, 0.29) is 13.2 Å². The first-order valence-corrected chi connectivity index (χ1v) is 4.20. The molecule has 0 saturated heterocycles. The number of carboxylic acids is 1. The quantitative estimate of drug-likeness (QED) is 0.479. The van der Waals surface area contributed by atoms with Crippen molar-refractivity contribution in [1.29, 1.82) is 0 Å². The molecule has 1 unspecified atom stereocenters. The van der Waals surface area contributed by atoms with Crippen LogP contribution in [0.3, 0.4) is 0 Å². The molecule has 0 aromatic rings. The summed E-state index contributed by atoms with van der Waals surface area (Å²) in [6, 6.07) is 0. The fourth-order valence-electron chi connectivity index (χ4n) is 0.862. The Kier molecular flexibility index (Phi) is 6.70. The second-order valence-electron chi connectivity index (χ2n) is 3.00. The summed E-state index contributed by atoms with van der Waals surface area (Å²) in [6.45, 7) is 2.90. The maximum absolute atomic E-state index is 10.0. The molecule has 0 aromatic heterocycles.